The third kappa shape index (κ3) is 3.96. The molecule has 0 aliphatic carbocycles. The minimum Gasteiger partial charge on any atom is -0.462 e. The maximum Gasteiger partial charge on any atom is 0.338 e. The number of aromatic nitrogens is 1. The number of hydrogen-bond donors (Lipinski definition) is 0. The maximum absolute atomic E-state index is 11.8. The van der Waals surface area contributed by atoms with Crippen LogP contribution in [0.2, 0.25) is 0 Å². The molecule has 26 heavy (non-hydrogen) atoms. The van der Waals surface area contributed by atoms with Crippen molar-refractivity contribution in [2.45, 2.75) is 20.8 Å². The van der Waals surface area contributed by atoms with Crippen LogP contribution in [-0.4, -0.2) is 54.7 Å². The molecule has 0 radical (unpaired) electrons. The molecule has 1 aliphatic rings. The second-order valence-corrected chi connectivity index (χ2v) is 6.24. The molecule has 1 aromatic carbocycles. The average molecular weight is 355 g/mol. The lowest BCUT2D eigenvalue weighted by Crippen LogP contribution is -2.32. The van der Waals surface area contributed by atoms with Gasteiger partial charge in [-0.15, -0.1) is 0 Å². The van der Waals surface area contributed by atoms with E-state index in [2.05, 4.69) is 29.6 Å². The van der Waals surface area contributed by atoms with Gasteiger partial charge in [0.1, 0.15) is 0 Å². The van der Waals surface area contributed by atoms with Crippen molar-refractivity contribution < 1.29 is 14.3 Å². The minimum absolute atomic E-state index is 0.293. The number of nitrogens with zero attached hydrogens (tertiary/aromatic N) is 3. The van der Waals surface area contributed by atoms with Crippen molar-refractivity contribution in [2.75, 3.05) is 32.9 Å². The normalized spacial score (nSPS) is 14.8. The van der Waals surface area contributed by atoms with E-state index < -0.39 is 0 Å². The molecular weight excluding hydrogens is 330 g/mol. The lowest BCUT2D eigenvalue weighted by Gasteiger charge is -2.23. The summed E-state index contributed by atoms with van der Waals surface area (Å²) in [4.78, 5) is 11.8. The molecule has 6 heteroatoms. The summed E-state index contributed by atoms with van der Waals surface area (Å²) >= 11 is 0. The van der Waals surface area contributed by atoms with Crippen molar-refractivity contribution in [3.8, 4) is 5.69 Å². The molecule has 2 heterocycles. The van der Waals surface area contributed by atoms with Gasteiger partial charge in [0.2, 0.25) is 0 Å². The molecule has 6 nitrogen and oxygen atoms in total. The van der Waals surface area contributed by atoms with Crippen molar-refractivity contribution >= 4 is 12.2 Å². The molecule has 1 aromatic heterocycles. The zero-order valence-electron chi connectivity index (χ0n) is 15.6. The second kappa shape index (κ2) is 8.19. The number of morpholine rings is 1. The van der Waals surface area contributed by atoms with Gasteiger partial charge in [-0.1, -0.05) is 0 Å². The van der Waals surface area contributed by atoms with Gasteiger partial charge in [0.05, 0.1) is 44.7 Å². The Balaban J connectivity index is 1.81. The van der Waals surface area contributed by atoms with E-state index in [1.165, 1.54) is 0 Å². The summed E-state index contributed by atoms with van der Waals surface area (Å²) in [5.41, 5.74) is 4.90. The van der Waals surface area contributed by atoms with Gasteiger partial charge in [0.15, 0.2) is 0 Å². The molecule has 2 aromatic rings. The molecule has 0 bridgehead atoms. The van der Waals surface area contributed by atoms with E-state index in [-0.39, 0.29) is 5.97 Å². The number of ether oxygens (including phenoxy) is 2. The predicted molar refractivity (Wildman–Crippen MR) is 101 cm³/mol. The van der Waals surface area contributed by atoms with Gasteiger partial charge in [-0.25, -0.2) is 4.79 Å². The van der Waals surface area contributed by atoms with Crippen molar-refractivity contribution in [3.05, 3.63) is 52.8 Å². The van der Waals surface area contributed by atoms with Crippen molar-refractivity contribution in [2.24, 2.45) is 5.10 Å². The van der Waals surface area contributed by atoms with Crippen LogP contribution in [0, 0.1) is 13.8 Å². The third-order valence-corrected chi connectivity index (χ3v) is 4.45. The van der Waals surface area contributed by atoms with Crippen LogP contribution in [0.1, 0.15) is 34.2 Å². The standard InChI is InChI=1S/C20H25N3O3/c1-4-26-20(24)17-5-7-19(8-6-17)23-15(2)13-18(16(23)3)14-21-22-9-11-25-12-10-22/h5-8,13-14H,4,9-12H2,1-3H3/b21-14-. The van der Waals surface area contributed by atoms with Crippen LogP contribution in [-0.2, 0) is 9.47 Å². The van der Waals surface area contributed by atoms with Gasteiger partial charge < -0.3 is 14.0 Å². The van der Waals surface area contributed by atoms with Crippen molar-refractivity contribution in [3.63, 3.8) is 0 Å². The van der Waals surface area contributed by atoms with E-state index in [9.17, 15) is 4.79 Å². The van der Waals surface area contributed by atoms with Crippen LogP contribution in [0.5, 0.6) is 0 Å². The van der Waals surface area contributed by atoms with E-state index in [4.69, 9.17) is 9.47 Å². The summed E-state index contributed by atoms with van der Waals surface area (Å²) in [7, 11) is 0. The lowest BCUT2D eigenvalue weighted by molar-refractivity contribution is 0.0397. The van der Waals surface area contributed by atoms with Gasteiger partial charge in [0, 0.05) is 22.6 Å². The SMILES string of the molecule is CCOC(=O)c1ccc(-n2c(C)cc(/C=N\N3CCOCC3)c2C)cc1. The highest BCUT2D eigenvalue weighted by molar-refractivity contribution is 5.89. The Hall–Kier alpha value is -2.60. The fourth-order valence-electron chi connectivity index (χ4n) is 3.09. The number of carbonyl (C=O) groups excluding carboxylic acids is 1. The van der Waals surface area contributed by atoms with Gasteiger partial charge in [-0.2, -0.15) is 5.10 Å². The highest BCUT2D eigenvalue weighted by atomic mass is 16.5. The molecule has 1 fully saturated rings. The Morgan fingerprint density at radius 1 is 1.23 bits per heavy atom. The van der Waals surface area contributed by atoms with Gasteiger partial charge in [-0.05, 0) is 51.1 Å². The highest BCUT2D eigenvalue weighted by Gasteiger charge is 2.12. The molecular formula is C20H25N3O3. The Morgan fingerprint density at radius 2 is 1.92 bits per heavy atom. The van der Waals surface area contributed by atoms with Crippen molar-refractivity contribution in [1.82, 2.24) is 9.58 Å². The Kier molecular flexibility index (Phi) is 5.73. The molecule has 1 saturated heterocycles. The number of aryl methyl sites for hydroxylation is 1. The third-order valence-electron chi connectivity index (χ3n) is 4.45. The monoisotopic (exact) mass is 355 g/mol. The molecule has 0 amide bonds. The lowest BCUT2D eigenvalue weighted by atomic mass is 10.2. The first-order valence-electron chi connectivity index (χ1n) is 8.93. The Bertz CT molecular complexity index is 787. The highest BCUT2D eigenvalue weighted by Crippen LogP contribution is 2.20. The van der Waals surface area contributed by atoms with E-state index in [1.807, 2.05) is 23.4 Å². The minimum atomic E-state index is -0.293. The number of hydrazone groups is 1. The fourth-order valence-corrected chi connectivity index (χ4v) is 3.09. The van der Waals surface area contributed by atoms with Gasteiger partial charge >= 0.3 is 5.97 Å². The molecule has 0 atom stereocenters. The molecule has 0 saturated carbocycles. The summed E-state index contributed by atoms with van der Waals surface area (Å²) in [5, 5.41) is 6.61. The molecule has 1 aliphatic heterocycles. The van der Waals surface area contributed by atoms with Crippen LogP contribution >= 0.6 is 0 Å². The topological polar surface area (TPSA) is 56.1 Å². The van der Waals surface area contributed by atoms with E-state index in [1.54, 1.807) is 19.1 Å². The summed E-state index contributed by atoms with van der Waals surface area (Å²) in [6, 6.07) is 9.60. The summed E-state index contributed by atoms with van der Waals surface area (Å²) in [6.07, 6.45) is 1.91. The smallest absolute Gasteiger partial charge is 0.338 e. The zero-order valence-corrected chi connectivity index (χ0v) is 15.6. The first-order chi connectivity index (χ1) is 12.6. The van der Waals surface area contributed by atoms with Crippen molar-refractivity contribution in [1.29, 1.82) is 0 Å². The Morgan fingerprint density at radius 3 is 2.58 bits per heavy atom. The maximum atomic E-state index is 11.8. The zero-order chi connectivity index (χ0) is 18.5. The molecule has 3 rings (SSSR count). The molecule has 0 unspecified atom stereocenters. The predicted octanol–water partition coefficient (Wildman–Crippen LogP) is 2.94. The first kappa shape index (κ1) is 18.2. The van der Waals surface area contributed by atoms with Crippen LogP contribution in [0.4, 0.5) is 0 Å². The summed E-state index contributed by atoms with van der Waals surface area (Å²) < 4.78 is 12.5. The van der Waals surface area contributed by atoms with Crippen LogP contribution in [0.3, 0.4) is 0 Å². The summed E-state index contributed by atoms with van der Waals surface area (Å²) in [6.45, 7) is 9.42. The molecule has 0 N–H and O–H groups in total. The van der Waals surface area contributed by atoms with Crippen LogP contribution in [0.15, 0.2) is 35.4 Å². The van der Waals surface area contributed by atoms with Crippen LogP contribution in [0.25, 0.3) is 5.69 Å². The summed E-state index contributed by atoms with van der Waals surface area (Å²) in [5.74, 6) is -0.293. The average Bonchev–Trinajstić information content (AvgIpc) is 2.95. The fraction of sp³-hybridized carbons (Fsp3) is 0.400. The second-order valence-electron chi connectivity index (χ2n) is 6.24. The van der Waals surface area contributed by atoms with Gasteiger partial charge in [-0.3, -0.25) is 5.01 Å². The number of carbonyl (C=O) groups is 1. The number of benzene rings is 1. The van der Waals surface area contributed by atoms with Crippen LogP contribution < -0.4 is 0 Å². The first-order valence-corrected chi connectivity index (χ1v) is 8.93. The number of esters is 1. The molecule has 0 spiro atoms. The van der Waals surface area contributed by atoms with E-state index in [0.717, 1.165) is 48.9 Å². The largest absolute Gasteiger partial charge is 0.462 e. The number of rotatable bonds is 5. The number of hydrogen-bond acceptors (Lipinski definition) is 5. The Labute approximate surface area is 154 Å². The quantitative estimate of drug-likeness (QED) is 0.611. The molecule has 138 valence electrons. The van der Waals surface area contributed by atoms with E-state index >= 15 is 0 Å². The van der Waals surface area contributed by atoms with Gasteiger partial charge in [0.25, 0.3) is 0 Å². The van der Waals surface area contributed by atoms with E-state index in [0.29, 0.717) is 12.2 Å².